The van der Waals surface area contributed by atoms with Gasteiger partial charge >= 0.3 is 11.9 Å². The van der Waals surface area contributed by atoms with Gasteiger partial charge in [-0.15, -0.1) is 0 Å². The second kappa shape index (κ2) is 14.2. The fourth-order valence-corrected chi connectivity index (χ4v) is 5.61. The molecular formula is C31H35N3O8S. The maximum Gasteiger partial charge on any atom is 0.352 e. The summed E-state index contributed by atoms with van der Waals surface area (Å²) in [5.41, 5.74) is 2.92. The number of aliphatic hydroxyl groups excluding tert-OH is 1. The van der Waals surface area contributed by atoms with Gasteiger partial charge in [0.2, 0.25) is 10.0 Å². The van der Waals surface area contributed by atoms with E-state index in [1.54, 1.807) is 34.9 Å². The lowest BCUT2D eigenvalue weighted by Gasteiger charge is -2.18. The molecule has 0 saturated heterocycles. The van der Waals surface area contributed by atoms with Gasteiger partial charge in [-0.1, -0.05) is 36.4 Å². The van der Waals surface area contributed by atoms with Gasteiger partial charge in [-0.05, 0) is 66.9 Å². The second-order valence-corrected chi connectivity index (χ2v) is 12.0. The molecule has 2 unspecified atom stereocenters. The second-order valence-electron chi connectivity index (χ2n) is 10.2. The number of ether oxygens (including phenoxy) is 2. The Hall–Kier alpha value is -4.39. The number of nitrogens with one attached hydrogen (secondary N) is 2. The van der Waals surface area contributed by atoms with Gasteiger partial charge in [0.25, 0.3) is 0 Å². The maximum atomic E-state index is 12.1. The van der Waals surface area contributed by atoms with Gasteiger partial charge in [0, 0.05) is 35.7 Å². The van der Waals surface area contributed by atoms with Crippen molar-refractivity contribution in [2.24, 2.45) is 0 Å². The van der Waals surface area contributed by atoms with Crippen LogP contribution in [0.2, 0.25) is 0 Å². The number of nitrogens with zero attached hydrogens (tertiary/aromatic N) is 1. The SMILES string of the molecule is COC(=O)CS(=O)(=O)Nc1ccc(Cn2c(C(=O)O)cc3cc(CC(C)NCC(O)COc4ccccc4)ccc32)cc1. The summed E-state index contributed by atoms with van der Waals surface area (Å²) in [6, 6.07) is 23.3. The van der Waals surface area contributed by atoms with Crippen molar-refractivity contribution in [2.75, 3.05) is 30.7 Å². The van der Waals surface area contributed by atoms with Crippen LogP contribution in [0, 0.1) is 0 Å². The van der Waals surface area contributed by atoms with E-state index in [4.69, 9.17) is 4.74 Å². The molecule has 0 aliphatic carbocycles. The number of hydrogen-bond acceptors (Lipinski definition) is 8. The quantitative estimate of drug-likeness (QED) is 0.149. The third kappa shape index (κ3) is 9.05. The number of aliphatic hydroxyl groups is 1. The predicted molar refractivity (Wildman–Crippen MR) is 163 cm³/mol. The van der Waals surface area contributed by atoms with Gasteiger partial charge in [-0.2, -0.15) is 0 Å². The topological polar surface area (TPSA) is 156 Å². The van der Waals surface area contributed by atoms with E-state index in [1.165, 1.54) is 0 Å². The average Bonchev–Trinajstić information content (AvgIpc) is 3.33. The Bertz CT molecular complexity index is 1650. The Labute approximate surface area is 250 Å². The van der Waals surface area contributed by atoms with Crippen LogP contribution in [-0.4, -0.2) is 73.3 Å². The van der Waals surface area contributed by atoms with E-state index in [0.29, 0.717) is 18.7 Å². The lowest BCUT2D eigenvalue weighted by molar-refractivity contribution is -0.137. The molecule has 2 atom stereocenters. The van der Waals surface area contributed by atoms with Crippen LogP contribution < -0.4 is 14.8 Å². The molecule has 0 bridgehead atoms. The van der Waals surface area contributed by atoms with Crippen LogP contribution in [0.3, 0.4) is 0 Å². The minimum Gasteiger partial charge on any atom is -0.491 e. The van der Waals surface area contributed by atoms with Crippen molar-refractivity contribution in [3.8, 4) is 5.75 Å². The molecule has 1 heterocycles. The molecule has 1 aromatic heterocycles. The smallest absolute Gasteiger partial charge is 0.352 e. The minimum atomic E-state index is -3.92. The van der Waals surface area contributed by atoms with Crippen molar-refractivity contribution in [1.82, 2.24) is 9.88 Å². The average molecular weight is 610 g/mol. The van der Waals surface area contributed by atoms with Crippen molar-refractivity contribution < 1.29 is 37.7 Å². The Morgan fingerprint density at radius 2 is 1.67 bits per heavy atom. The van der Waals surface area contributed by atoms with Crippen LogP contribution in [0.5, 0.6) is 5.75 Å². The first kappa shape index (κ1) is 31.5. The summed E-state index contributed by atoms with van der Waals surface area (Å²) in [6.07, 6.45) is -0.00485. The van der Waals surface area contributed by atoms with E-state index in [1.807, 2.05) is 55.5 Å². The summed E-state index contributed by atoms with van der Waals surface area (Å²) in [5.74, 6) is -2.04. The van der Waals surface area contributed by atoms with E-state index in [0.717, 1.165) is 29.1 Å². The summed E-state index contributed by atoms with van der Waals surface area (Å²) in [7, 11) is -2.81. The largest absolute Gasteiger partial charge is 0.491 e. The number of methoxy groups -OCH3 is 1. The molecule has 0 amide bonds. The van der Waals surface area contributed by atoms with Crippen LogP contribution in [0.15, 0.2) is 78.9 Å². The number of para-hydroxylation sites is 1. The zero-order chi connectivity index (χ0) is 31.0. The Kier molecular flexibility index (Phi) is 10.4. The number of rotatable bonds is 15. The monoisotopic (exact) mass is 609 g/mol. The molecule has 0 saturated carbocycles. The maximum absolute atomic E-state index is 12.1. The van der Waals surface area contributed by atoms with Gasteiger partial charge in [-0.25, -0.2) is 13.2 Å². The Morgan fingerprint density at radius 3 is 2.35 bits per heavy atom. The molecule has 4 aromatic rings. The molecule has 0 spiro atoms. The van der Waals surface area contributed by atoms with E-state index in [-0.39, 0.29) is 30.6 Å². The molecule has 4 rings (SSSR count). The lowest BCUT2D eigenvalue weighted by Crippen LogP contribution is -2.37. The molecule has 228 valence electrons. The zero-order valence-corrected chi connectivity index (χ0v) is 24.7. The number of carboxylic acids is 1. The molecule has 12 heteroatoms. The third-order valence-corrected chi connectivity index (χ3v) is 7.88. The summed E-state index contributed by atoms with van der Waals surface area (Å²) in [4.78, 5) is 23.4. The van der Waals surface area contributed by atoms with Crippen LogP contribution in [-0.2, 0) is 32.5 Å². The van der Waals surface area contributed by atoms with Crippen molar-refractivity contribution in [3.63, 3.8) is 0 Å². The summed E-state index contributed by atoms with van der Waals surface area (Å²) in [6.45, 7) is 2.80. The van der Waals surface area contributed by atoms with Gasteiger partial charge in [0.1, 0.15) is 24.2 Å². The number of benzene rings is 3. The molecule has 0 aliphatic rings. The first-order valence-electron chi connectivity index (χ1n) is 13.6. The van der Waals surface area contributed by atoms with Gasteiger partial charge < -0.3 is 29.6 Å². The predicted octanol–water partition coefficient (Wildman–Crippen LogP) is 3.26. The van der Waals surface area contributed by atoms with E-state index < -0.39 is 33.8 Å². The number of carbonyl (C=O) groups excluding carboxylic acids is 1. The van der Waals surface area contributed by atoms with Crippen LogP contribution in [0.25, 0.3) is 10.9 Å². The molecule has 11 nitrogen and oxygen atoms in total. The number of carboxylic acid groups (broad SMARTS) is 1. The third-order valence-electron chi connectivity index (χ3n) is 6.72. The van der Waals surface area contributed by atoms with Crippen molar-refractivity contribution in [1.29, 1.82) is 0 Å². The van der Waals surface area contributed by atoms with E-state index >= 15 is 0 Å². The molecule has 0 aliphatic heterocycles. The molecule has 0 fully saturated rings. The van der Waals surface area contributed by atoms with Gasteiger partial charge in [0.05, 0.1) is 7.11 Å². The van der Waals surface area contributed by atoms with Crippen LogP contribution in [0.4, 0.5) is 5.69 Å². The fourth-order valence-electron chi connectivity index (χ4n) is 4.62. The number of hydrogen-bond donors (Lipinski definition) is 4. The van der Waals surface area contributed by atoms with Crippen LogP contribution in [0.1, 0.15) is 28.5 Å². The van der Waals surface area contributed by atoms with E-state index in [9.17, 15) is 28.2 Å². The minimum absolute atomic E-state index is 0.0495. The first-order chi connectivity index (χ1) is 20.5. The highest BCUT2D eigenvalue weighted by Gasteiger charge is 2.18. The summed E-state index contributed by atoms with van der Waals surface area (Å²) >= 11 is 0. The standard InChI is InChI=1S/C31H35N3O8S/c1-21(32-17-26(35)19-42-27-6-4-3-5-7-27)14-23-10-13-28-24(15-23)16-29(31(37)38)34(28)18-22-8-11-25(12-9-22)33-43(39,40)20-30(36)41-2/h3-13,15-16,21,26,32-33,35H,14,17-20H2,1-2H3,(H,37,38). The highest BCUT2D eigenvalue weighted by molar-refractivity contribution is 7.93. The highest BCUT2D eigenvalue weighted by atomic mass is 32.2. The number of anilines is 1. The normalized spacial score (nSPS) is 12.9. The molecular weight excluding hydrogens is 574 g/mol. The number of sulfonamides is 1. The number of carbonyl (C=O) groups is 2. The number of esters is 1. The van der Waals surface area contributed by atoms with Crippen molar-refractivity contribution >= 4 is 38.6 Å². The molecule has 0 radical (unpaired) electrons. The molecule has 43 heavy (non-hydrogen) atoms. The van der Waals surface area contributed by atoms with Crippen molar-refractivity contribution in [2.45, 2.75) is 32.0 Å². The molecule has 4 N–H and O–H groups in total. The molecule has 3 aromatic carbocycles. The van der Waals surface area contributed by atoms with Gasteiger partial charge in [0.15, 0.2) is 5.75 Å². The lowest BCUT2D eigenvalue weighted by atomic mass is 10.0. The Morgan fingerprint density at radius 1 is 0.977 bits per heavy atom. The highest BCUT2D eigenvalue weighted by Crippen LogP contribution is 2.24. The zero-order valence-electron chi connectivity index (χ0n) is 23.9. The number of fused-ring (bicyclic) bond motifs is 1. The fraction of sp³-hybridized carbons (Fsp3) is 0.290. The summed E-state index contributed by atoms with van der Waals surface area (Å²) < 4.78 is 38.3. The number of aromatic carboxylic acids is 1. The Balaban J connectivity index is 1.39. The van der Waals surface area contributed by atoms with Crippen molar-refractivity contribution in [3.05, 3.63) is 95.7 Å². The number of aromatic nitrogens is 1. The van der Waals surface area contributed by atoms with Gasteiger partial charge in [-0.3, -0.25) is 9.52 Å². The van der Waals surface area contributed by atoms with E-state index in [2.05, 4.69) is 14.8 Å². The first-order valence-corrected chi connectivity index (χ1v) is 15.3. The van der Waals surface area contributed by atoms with Crippen LogP contribution >= 0.6 is 0 Å². The summed E-state index contributed by atoms with van der Waals surface area (Å²) in [5, 5.41) is 24.3.